The van der Waals surface area contributed by atoms with E-state index in [9.17, 15) is 14.3 Å². The van der Waals surface area contributed by atoms with Crippen molar-refractivity contribution in [1.82, 2.24) is 9.80 Å². The molecule has 1 fully saturated rings. The van der Waals surface area contributed by atoms with Crippen molar-refractivity contribution < 1.29 is 14.3 Å². The highest BCUT2D eigenvalue weighted by Gasteiger charge is 2.36. The van der Waals surface area contributed by atoms with Gasteiger partial charge in [-0.2, -0.15) is 0 Å². The van der Waals surface area contributed by atoms with Crippen molar-refractivity contribution >= 4 is 6.09 Å². The first-order valence-electron chi connectivity index (χ1n) is 9.17. The minimum absolute atomic E-state index is 0.199. The molecule has 0 radical (unpaired) electrons. The molecule has 5 heteroatoms. The first-order chi connectivity index (χ1) is 12.6. The van der Waals surface area contributed by atoms with E-state index in [0.717, 1.165) is 31.4 Å². The number of hydrogen-bond acceptors (Lipinski definition) is 2. The summed E-state index contributed by atoms with van der Waals surface area (Å²) in [5.74, 6) is -0.199. The van der Waals surface area contributed by atoms with Crippen molar-refractivity contribution in [2.45, 2.75) is 37.9 Å². The number of rotatable bonds is 3. The average Bonchev–Trinajstić information content (AvgIpc) is 3.00. The maximum absolute atomic E-state index is 13.6. The number of amides is 1. The summed E-state index contributed by atoms with van der Waals surface area (Å²) in [5.41, 5.74) is 3.65. The third-order valence-corrected chi connectivity index (χ3v) is 5.69. The van der Waals surface area contributed by atoms with Crippen molar-refractivity contribution in [2.75, 3.05) is 13.1 Å². The second kappa shape index (κ2) is 7.08. The molecule has 1 saturated heterocycles. The fourth-order valence-electron chi connectivity index (χ4n) is 4.38. The molecule has 2 aromatic carbocycles. The van der Waals surface area contributed by atoms with Gasteiger partial charge in [-0.3, -0.25) is 4.90 Å². The molecular weight excluding hydrogens is 331 g/mol. The van der Waals surface area contributed by atoms with Gasteiger partial charge in [0.25, 0.3) is 0 Å². The van der Waals surface area contributed by atoms with Crippen molar-refractivity contribution in [3.63, 3.8) is 0 Å². The van der Waals surface area contributed by atoms with Gasteiger partial charge in [0, 0.05) is 31.7 Å². The van der Waals surface area contributed by atoms with Crippen LogP contribution in [0.5, 0.6) is 0 Å². The van der Waals surface area contributed by atoms with Crippen LogP contribution in [0, 0.1) is 5.82 Å². The molecule has 4 rings (SSSR count). The van der Waals surface area contributed by atoms with E-state index < -0.39 is 6.09 Å². The summed E-state index contributed by atoms with van der Waals surface area (Å²) in [6, 6.07) is 15.9. The zero-order valence-corrected chi connectivity index (χ0v) is 14.6. The molecule has 26 heavy (non-hydrogen) atoms. The number of carbonyl (C=O) groups is 1. The summed E-state index contributed by atoms with van der Waals surface area (Å²) in [6.07, 6.45) is 1.64. The predicted molar refractivity (Wildman–Crippen MR) is 97.4 cm³/mol. The molecule has 1 unspecified atom stereocenters. The molecule has 0 spiro atoms. The SMILES string of the molecule is O=C(O)N1CCC(N2Cc3ccccc3C2Cc2cccc(F)c2)CC1. The van der Waals surface area contributed by atoms with E-state index in [1.807, 2.05) is 6.07 Å². The number of nitrogens with zero attached hydrogens (tertiary/aromatic N) is 2. The molecule has 4 nitrogen and oxygen atoms in total. The van der Waals surface area contributed by atoms with Gasteiger partial charge in [-0.1, -0.05) is 36.4 Å². The quantitative estimate of drug-likeness (QED) is 0.904. The topological polar surface area (TPSA) is 43.8 Å². The minimum atomic E-state index is -0.829. The number of halogens is 1. The number of hydrogen-bond donors (Lipinski definition) is 1. The Bertz CT molecular complexity index is 802. The van der Waals surface area contributed by atoms with Crippen LogP contribution < -0.4 is 0 Å². The fraction of sp³-hybridized carbons (Fsp3) is 0.381. The van der Waals surface area contributed by atoms with Gasteiger partial charge in [-0.05, 0) is 48.1 Å². The molecule has 0 bridgehead atoms. The highest BCUT2D eigenvalue weighted by atomic mass is 19.1. The molecular formula is C21H23FN2O2. The van der Waals surface area contributed by atoms with E-state index in [2.05, 4.69) is 29.2 Å². The maximum atomic E-state index is 13.6. The number of fused-ring (bicyclic) bond motifs is 1. The summed E-state index contributed by atoms with van der Waals surface area (Å²) in [7, 11) is 0. The molecule has 2 aliphatic rings. The lowest BCUT2D eigenvalue weighted by molar-refractivity contribution is 0.0744. The Hall–Kier alpha value is -2.40. The fourth-order valence-corrected chi connectivity index (χ4v) is 4.38. The summed E-state index contributed by atoms with van der Waals surface area (Å²) in [4.78, 5) is 15.2. The van der Waals surface area contributed by atoms with Crippen LogP contribution in [0.25, 0.3) is 0 Å². The van der Waals surface area contributed by atoms with Gasteiger partial charge in [0.05, 0.1) is 0 Å². The van der Waals surface area contributed by atoms with Crippen LogP contribution in [0.2, 0.25) is 0 Å². The lowest BCUT2D eigenvalue weighted by Crippen LogP contribution is -2.46. The van der Waals surface area contributed by atoms with Crippen molar-refractivity contribution in [3.05, 3.63) is 71.0 Å². The summed E-state index contributed by atoms with van der Waals surface area (Å²) in [6.45, 7) is 2.05. The van der Waals surface area contributed by atoms with E-state index in [-0.39, 0.29) is 11.9 Å². The second-order valence-corrected chi connectivity index (χ2v) is 7.22. The Labute approximate surface area is 152 Å². The van der Waals surface area contributed by atoms with Crippen LogP contribution >= 0.6 is 0 Å². The molecule has 1 N–H and O–H groups in total. The highest BCUT2D eigenvalue weighted by Crippen LogP contribution is 2.39. The highest BCUT2D eigenvalue weighted by molar-refractivity contribution is 5.65. The van der Waals surface area contributed by atoms with Crippen molar-refractivity contribution in [2.24, 2.45) is 0 Å². The lowest BCUT2D eigenvalue weighted by atomic mass is 9.96. The number of benzene rings is 2. The monoisotopic (exact) mass is 354 g/mol. The molecule has 2 heterocycles. The van der Waals surface area contributed by atoms with Gasteiger partial charge >= 0.3 is 6.09 Å². The van der Waals surface area contributed by atoms with Crippen LogP contribution in [-0.4, -0.2) is 40.1 Å². The Morgan fingerprint density at radius 1 is 1.12 bits per heavy atom. The molecule has 1 atom stereocenters. The summed E-state index contributed by atoms with van der Waals surface area (Å²) in [5, 5.41) is 9.18. The predicted octanol–water partition coefficient (Wildman–Crippen LogP) is 4.07. The van der Waals surface area contributed by atoms with E-state index in [1.54, 1.807) is 12.1 Å². The minimum Gasteiger partial charge on any atom is -0.465 e. The van der Waals surface area contributed by atoms with Crippen molar-refractivity contribution in [3.8, 4) is 0 Å². The van der Waals surface area contributed by atoms with Crippen LogP contribution in [0.4, 0.5) is 9.18 Å². The van der Waals surface area contributed by atoms with E-state index >= 15 is 0 Å². The van der Waals surface area contributed by atoms with E-state index in [0.29, 0.717) is 19.1 Å². The smallest absolute Gasteiger partial charge is 0.407 e. The van der Waals surface area contributed by atoms with E-state index in [1.165, 1.54) is 22.1 Å². The molecule has 0 aromatic heterocycles. The number of carboxylic acid groups (broad SMARTS) is 1. The van der Waals surface area contributed by atoms with E-state index in [4.69, 9.17) is 0 Å². The first-order valence-corrected chi connectivity index (χ1v) is 9.17. The van der Waals surface area contributed by atoms with Gasteiger partial charge < -0.3 is 10.0 Å². The Morgan fingerprint density at radius 2 is 1.88 bits per heavy atom. The number of piperidine rings is 1. The largest absolute Gasteiger partial charge is 0.465 e. The molecule has 2 aromatic rings. The number of likely N-dealkylation sites (tertiary alicyclic amines) is 1. The second-order valence-electron chi connectivity index (χ2n) is 7.22. The van der Waals surface area contributed by atoms with Crippen LogP contribution in [0.3, 0.4) is 0 Å². The zero-order valence-electron chi connectivity index (χ0n) is 14.6. The Kier molecular flexibility index (Phi) is 4.64. The third-order valence-electron chi connectivity index (χ3n) is 5.69. The molecule has 0 aliphatic carbocycles. The van der Waals surface area contributed by atoms with Gasteiger partial charge in [-0.15, -0.1) is 0 Å². The third kappa shape index (κ3) is 3.31. The van der Waals surface area contributed by atoms with Gasteiger partial charge in [-0.25, -0.2) is 9.18 Å². The Balaban J connectivity index is 1.56. The summed E-state index contributed by atoms with van der Waals surface area (Å²) < 4.78 is 13.6. The molecule has 136 valence electrons. The van der Waals surface area contributed by atoms with Gasteiger partial charge in [0.15, 0.2) is 0 Å². The maximum Gasteiger partial charge on any atom is 0.407 e. The molecule has 2 aliphatic heterocycles. The summed E-state index contributed by atoms with van der Waals surface area (Å²) >= 11 is 0. The van der Waals surface area contributed by atoms with Gasteiger partial charge in [0.1, 0.15) is 5.82 Å². The standard InChI is InChI=1S/C21H23FN2O2/c22-17-6-3-4-15(12-17)13-20-19-7-2-1-5-16(19)14-24(20)18-8-10-23(11-9-18)21(25)26/h1-7,12,18,20H,8-11,13-14H2,(H,25,26). The van der Waals surface area contributed by atoms with Crippen LogP contribution in [0.15, 0.2) is 48.5 Å². The first kappa shape index (κ1) is 17.0. The van der Waals surface area contributed by atoms with Crippen LogP contribution in [0.1, 0.15) is 35.6 Å². The normalized spacial score (nSPS) is 21.0. The Morgan fingerprint density at radius 3 is 2.62 bits per heavy atom. The lowest BCUT2D eigenvalue weighted by Gasteiger charge is -2.38. The van der Waals surface area contributed by atoms with Gasteiger partial charge in [0.2, 0.25) is 0 Å². The average molecular weight is 354 g/mol. The molecule has 1 amide bonds. The zero-order chi connectivity index (χ0) is 18.1. The van der Waals surface area contributed by atoms with Crippen LogP contribution in [-0.2, 0) is 13.0 Å². The molecule has 0 saturated carbocycles. The van der Waals surface area contributed by atoms with Crippen molar-refractivity contribution in [1.29, 1.82) is 0 Å².